The molecule has 0 aromatic heterocycles. The number of carbonyl (C=O) groups excluding carboxylic acids is 3. The molecule has 1 saturated carbocycles. The van der Waals surface area contributed by atoms with Gasteiger partial charge in [0.2, 0.25) is 0 Å². The maximum atomic E-state index is 13.0. The van der Waals surface area contributed by atoms with Gasteiger partial charge >= 0.3 is 11.9 Å². The van der Waals surface area contributed by atoms with Crippen LogP contribution >= 0.6 is 0 Å². The molecule has 0 unspecified atom stereocenters. The van der Waals surface area contributed by atoms with Gasteiger partial charge in [0, 0.05) is 12.3 Å². The lowest BCUT2D eigenvalue weighted by Gasteiger charge is -2.44. The van der Waals surface area contributed by atoms with E-state index in [4.69, 9.17) is 14.2 Å². The molecule has 0 radical (unpaired) electrons. The molecule has 0 bridgehead atoms. The van der Waals surface area contributed by atoms with Crippen LogP contribution in [0.15, 0.2) is 24.3 Å². The van der Waals surface area contributed by atoms with Gasteiger partial charge in [0.1, 0.15) is 11.7 Å². The normalized spacial score (nSPS) is 26.6. The van der Waals surface area contributed by atoms with Crippen LogP contribution in [0.4, 0.5) is 0 Å². The van der Waals surface area contributed by atoms with E-state index in [1.165, 1.54) is 6.92 Å². The van der Waals surface area contributed by atoms with Crippen molar-refractivity contribution in [2.24, 2.45) is 11.8 Å². The van der Waals surface area contributed by atoms with Crippen molar-refractivity contribution in [3.63, 3.8) is 0 Å². The Hall–Kier alpha value is -2.41. The Morgan fingerprint density at radius 3 is 2.10 bits per heavy atom. The lowest BCUT2D eigenvalue weighted by atomic mass is 9.61. The number of Topliss-reactive ketones (excluding diaryl/α,β-unsaturated/α-hetero) is 1. The van der Waals surface area contributed by atoms with Crippen LogP contribution in [0, 0.1) is 11.8 Å². The van der Waals surface area contributed by atoms with E-state index < -0.39 is 53.3 Å². The molecule has 0 heterocycles. The zero-order chi connectivity index (χ0) is 22.6. The molecule has 0 saturated heterocycles. The molecule has 0 aliphatic heterocycles. The van der Waals surface area contributed by atoms with Crippen LogP contribution in [0.1, 0.15) is 59.4 Å². The third-order valence-electron chi connectivity index (χ3n) is 5.05. The smallest absolute Gasteiger partial charge is 0.317 e. The SMILES string of the molecule is CCOc1ccc([C@@H]2[C@H](C(=O)OC(C)C)C(=O)C[C@](C)(O)[C@H]2C(=O)OC(C)C)cc1. The van der Waals surface area contributed by atoms with Gasteiger partial charge in [0.15, 0.2) is 5.78 Å². The van der Waals surface area contributed by atoms with Gasteiger partial charge < -0.3 is 19.3 Å². The number of ether oxygens (including phenoxy) is 3. The van der Waals surface area contributed by atoms with Gasteiger partial charge in [0.05, 0.1) is 30.3 Å². The number of esters is 2. The molecule has 1 aromatic carbocycles. The van der Waals surface area contributed by atoms with Crippen molar-refractivity contribution in [2.45, 2.75) is 71.7 Å². The van der Waals surface area contributed by atoms with Gasteiger partial charge in [-0.2, -0.15) is 0 Å². The standard InChI is InChI=1S/C23H32O7/c1-7-28-16-10-8-15(9-11-16)18-19(21(25)29-13(2)3)17(24)12-23(6,27)20(18)22(26)30-14(4)5/h8-11,13-14,18-20,27H,7,12H2,1-6H3/t18-,19-,20-,23+/m1/s1. The summed E-state index contributed by atoms with van der Waals surface area (Å²) < 4.78 is 16.2. The molecule has 1 aliphatic rings. The fraction of sp³-hybridized carbons (Fsp3) is 0.609. The third-order valence-corrected chi connectivity index (χ3v) is 5.05. The van der Waals surface area contributed by atoms with E-state index in [1.54, 1.807) is 52.0 Å². The van der Waals surface area contributed by atoms with Gasteiger partial charge in [-0.1, -0.05) is 12.1 Å². The minimum absolute atomic E-state index is 0.337. The van der Waals surface area contributed by atoms with Crippen LogP contribution in [0.5, 0.6) is 5.75 Å². The molecule has 7 heteroatoms. The molecule has 0 amide bonds. The van der Waals surface area contributed by atoms with Crippen LogP contribution in [0.25, 0.3) is 0 Å². The average molecular weight is 421 g/mol. The predicted molar refractivity (Wildman–Crippen MR) is 110 cm³/mol. The summed E-state index contributed by atoms with van der Waals surface area (Å²) in [6.45, 7) is 10.6. The highest BCUT2D eigenvalue weighted by atomic mass is 16.5. The molecule has 1 fully saturated rings. The van der Waals surface area contributed by atoms with Gasteiger partial charge in [-0.3, -0.25) is 14.4 Å². The second-order valence-electron chi connectivity index (χ2n) is 8.45. The van der Waals surface area contributed by atoms with Crippen molar-refractivity contribution in [1.29, 1.82) is 0 Å². The Morgan fingerprint density at radius 1 is 1.07 bits per heavy atom. The van der Waals surface area contributed by atoms with Crippen molar-refractivity contribution >= 4 is 17.7 Å². The summed E-state index contributed by atoms with van der Waals surface area (Å²) in [5.74, 6) is -4.43. The average Bonchev–Trinajstić information content (AvgIpc) is 2.59. The summed E-state index contributed by atoms with van der Waals surface area (Å²) in [4.78, 5) is 38.8. The second kappa shape index (κ2) is 9.60. The second-order valence-corrected chi connectivity index (χ2v) is 8.45. The summed E-state index contributed by atoms with van der Waals surface area (Å²) in [6.07, 6.45) is -1.17. The van der Waals surface area contributed by atoms with E-state index in [1.807, 2.05) is 6.92 Å². The number of rotatable bonds is 7. The van der Waals surface area contributed by atoms with Crippen LogP contribution in [-0.2, 0) is 23.9 Å². The lowest BCUT2D eigenvalue weighted by molar-refractivity contribution is -0.176. The molecule has 0 spiro atoms. The fourth-order valence-electron chi connectivity index (χ4n) is 3.98. The van der Waals surface area contributed by atoms with E-state index in [0.717, 1.165) is 0 Å². The predicted octanol–water partition coefficient (Wildman–Crippen LogP) is 3.03. The number of ketones is 1. The van der Waals surface area contributed by atoms with Crippen molar-refractivity contribution in [2.75, 3.05) is 6.61 Å². The number of aliphatic hydroxyl groups is 1. The quantitative estimate of drug-likeness (QED) is 0.535. The van der Waals surface area contributed by atoms with Crippen LogP contribution < -0.4 is 4.74 Å². The van der Waals surface area contributed by atoms with Crippen molar-refractivity contribution in [1.82, 2.24) is 0 Å². The maximum absolute atomic E-state index is 13.0. The number of hydrogen-bond donors (Lipinski definition) is 1. The third kappa shape index (κ3) is 5.39. The first-order valence-electron chi connectivity index (χ1n) is 10.4. The highest BCUT2D eigenvalue weighted by Crippen LogP contribution is 2.47. The van der Waals surface area contributed by atoms with Crippen molar-refractivity contribution in [3.05, 3.63) is 29.8 Å². The highest BCUT2D eigenvalue weighted by molar-refractivity contribution is 6.02. The molecular weight excluding hydrogens is 388 g/mol. The molecule has 1 aromatic rings. The van der Waals surface area contributed by atoms with Crippen molar-refractivity contribution < 1.29 is 33.7 Å². The summed E-state index contributed by atoms with van der Waals surface area (Å²) in [6, 6.07) is 6.83. The molecule has 2 rings (SSSR count). The first-order valence-corrected chi connectivity index (χ1v) is 10.4. The van der Waals surface area contributed by atoms with E-state index in [2.05, 4.69) is 0 Å². The molecule has 1 aliphatic carbocycles. The summed E-state index contributed by atoms with van der Waals surface area (Å²) in [7, 11) is 0. The monoisotopic (exact) mass is 420 g/mol. The Morgan fingerprint density at radius 2 is 1.60 bits per heavy atom. The Balaban J connectivity index is 2.58. The topological polar surface area (TPSA) is 99.1 Å². The number of carbonyl (C=O) groups is 3. The zero-order valence-electron chi connectivity index (χ0n) is 18.5. The molecule has 4 atom stereocenters. The molecule has 30 heavy (non-hydrogen) atoms. The summed E-state index contributed by atoms with van der Waals surface area (Å²) in [5.41, 5.74) is -1.11. The molecule has 166 valence electrons. The van der Waals surface area contributed by atoms with Gasteiger partial charge in [-0.25, -0.2) is 0 Å². The van der Waals surface area contributed by atoms with E-state index in [9.17, 15) is 19.5 Å². The minimum Gasteiger partial charge on any atom is -0.494 e. The van der Waals surface area contributed by atoms with Crippen LogP contribution in [0.3, 0.4) is 0 Å². The minimum atomic E-state index is -1.67. The largest absolute Gasteiger partial charge is 0.494 e. The van der Waals surface area contributed by atoms with Crippen molar-refractivity contribution in [3.8, 4) is 5.75 Å². The number of hydrogen-bond acceptors (Lipinski definition) is 7. The van der Waals surface area contributed by atoms with Crippen LogP contribution in [0.2, 0.25) is 0 Å². The summed E-state index contributed by atoms with van der Waals surface area (Å²) >= 11 is 0. The highest BCUT2D eigenvalue weighted by Gasteiger charge is 2.57. The lowest BCUT2D eigenvalue weighted by Crippen LogP contribution is -2.55. The first-order chi connectivity index (χ1) is 14.0. The van der Waals surface area contributed by atoms with E-state index in [-0.39, 0.29) is 6.42 Å². The zero-order valence-corrected chi connectivity index (χ0v) is 18.5. The van der Waals surface area contributed by atoms with Gasteiger partial charge in [0.25, 0.3) is 0 Å². The molecule has 7 nitrogen and oxygen atoms in total. The molecular formula is C23H32O7. The maximum Gasteiger partial charge on any atom is 0.317 e. The van der Waals surface area contributed by atoms with E-state index in [0.29, 0.717) is 17.9 Å². The first kappa shape index (κ1) is 23.9. The van der Waals surface area contributed by atoms with Gasteiger partial charge in [-0.05, 0) is 59.2 Å². The Kier molecular flexibility index (Phi) is 7.64. The number of benzene rings is 1. The Bertz CT molecular complexity index is 756. The summed E-state index contributed by atoms with van der Waals surface area (Å²) in [5, 5.41) is 11.0. The van der Waals surface area contributed by atoms with Gasteiger partial charge in [-0.15, -0.1) is 0 Å². The fourth-order valence-corrected chi connectivity index (χ4v) is 3.98. The molecule has 1 N–H and O–H groups in total. The van der Waals surface area contributed by atoms with Crippen LogP contribution in [-0.4, -0.2) is 47.2 Å². The van der Waals surface area contributed by atoms with E-state index >= 15 is 0 Å². The Labute approximate surface area is 177 Å².